The molecule has 65 heavy (non-hydrogen) atoms. The summed E-state index contributed by atoms with van der Waals surface area (Å²) in [7, 11) is 2.42. The van der Waals surface area contributed by atoms with Crippen LogP contribution < -0.4 is 33.6 Å². The van der Waals surface area contributed by atoms with Crippen molar-refractivity contribution >= 4 is 65.2 Å². The van der Waals surface area contributed by atoms with E-state index in [4.69, 9.17) is 38.3 Å². The van der Waals surface area contributed by atoms with Crippen LogP contribution in [0.5, 0.6) is 0 Å². The van der Waals surface area contributed by atoms with Crippen LogP contribution in [0.4, 0.5) is 0 Å². The van der Waals surface area contributed by atoms with Gasteiger partial charge in [-0.3, -0.25) is 33.6 Å². The number of carbonyl (C=O) groups excluding carboxylic acids is 6. The van der Waals surface area contributed by atoms with Crippen molar-refractivity contribution in [2.75, 3.05) is 14.2 Å². The van der Waals surface area contributed by atoms with Crippen molar-refractivity contribution in [2.24, 2.45) is 22.9 Å². The standard InChI is InChI=1S/C14H25N3O4S.2C14H18N2O5.H2O/c1-7(10(16)20)17(11(21)8(15)6-9(18)19)12-13(2,3)22-14(12,4)5;2*1-21-14(20)11(7-9-5-3-2-4-6-9)16-13(19)10(15)8-12(17)18;/h7-8,12H,6,15H2,1-5H3,(H2,16,20)(H,18,19);2*2-6,10-11H,7-8,15H2,1H3,(H,16,19)(H,17,18);1H2/t7-,8+;10-,11-;;/m10../s1. The zero-order chi connectivity index (χ0) is 49.1. The molecule has 0 radical (unpaired) electrons. The number of nitrogens with two attached hydrogens (primary N) is 4. The summed E-state index contributed by atoms with van der Waals surface area (Å²) >= 11 is 1.69. The Morgan fingerprint density at radius 2 is 0.969 bits per heavy atom. The minimum atomic E-state index is -1.22. The molecule has 2 aromatic rings. The second-order valence-corrected chi connectivity index (χ2v) is 18.0. The summed E-state index contributed by atoms with van der Waals surface area (Å²) in [4.78, 5) is 105. The molecule has 1 heterocycles. The van der Waals surface area contributed by atoms with Crippen LogP contribution in [-0.4, -0.2) is 145 Å². The largest absolute Gasteiger partial charge is 0.481 e. The van der Waals surface area contributed by atoms with Gasteiger partial charge in [0.25, 0.3) is 0 Å². The number of nitrogens with one attached hydrogen (secondary N) is 2. The topological polar surface area (TPSA) is 396 Å². The van der Waals surface area contributed by atoms with E-state index in [1.54, 1.807) is 43.0 Å². The first kappa shape index (κ1) is 58.9. The van der Waals surface area contributed by atoms with Crippen LogP contribution in [0.25, 0.3) is 0 Å². The van der Waals surface area contributed by atoms with Crippen molar-refractivity contribution < 1.29 is 73.4 Å². The summed E-state index contributed by atoms with van der Waals surface area (Å²) in [6, 6.07) is 11.5. The minimum absolute atomic E-state index is 0. The number of nitrogens with zero attached hydrogens (tertiary/aromatic N) is 1. The van der Waals surface area contributed by atoms with Gasteiger partial charge in [-0.05, 0) is 45.7 Å². The molecule has 0 aromatic heterocycles. The van der Waals surface area contributed by atoms with Gasteiger partial charge < -0.3 is 68.7 Å². The van der Waals surface area contributed by atoms with Crippen molar-refractivity contribution in [1.82, 2.24) is 15.5 Å². The Kier molecular flexibility index (Phi) is 24.7. The molecule has 2 unspecified atom stereocenters. The van der Waals surface area contributed by atoms with Gasteiger partial charge in [0, 0.05) is 22.3 Å². The summed E-state index contributed by atoms with van der Waals surface area (Å²) < 4.78 is 8.73. The normalized spacial score (nSPS) is 16.0. The molecule has 22 nitrogen and oxygen atoms in total. The molecule has 15 N–H and O–H groups in total. The number of hydrogen-bond acceptors (Lipinski definition) is 15. The lowest BCUT2D eigenvalue weighted by molar-refractivity contribution is -0.147. The maximum absolute atomic E-state index is 12.7. The Bertz CT molecular complexity index is 1830. The number of thioether (sulfide) groups is 1. The number of carbonyl (C=O) groups is 9. The molecule has 362 valence electrons. The zero-order valence-corrected chi connectivity index (χ0v) is 38.2. The zero-order valence-electron chi connectivity index (χ0n) is 37.3. The van der Waals surface area contributed by atoms with Gasteiger partial charge in [0.2, 0.25) is 23.6 Å². The van der Waals surface area contributed by atoms with Crippen LogP contribution in [0.15, 0.2) is 60.7 Å². The number of hydrogen-bond donors (Lipinski definition) is 9. The molecule has 0 bridgehead atoms. The first-order chi connectivity index (χ1) is 29.7. The monoisotopic (exact) mass is 937 g/mol. The third kappa shape index (κ3) is 19.6. The van der Waals surface area contributed by atoms with E-state index in [1.165, 1.54) is 19.1 Å². The SMILES string of the molecule is COC(=O)C(Cc1ccccc1)NC(=O)C(N)CC(=O)O.COC(=O)[C@H](Cc1ccccc1)NC(=O)[C@@H](N)CC(=O)O.C[C@H](C(N)=O)N(C(=O)[C@@H](N)CC(=O)O)C1C(C)(C)SC1(C)C.O. The lowest BCUT2D eigenvalue weighted by Crippen LogP contribution is -2.72. The number of amides is 4. The van der Waals surface area contributed by atoms with Crippen molar-refractivity contribution in [3.63, 3.8) is 0 Å². The number of esters is 2. The van der Waals surface area contributed by atoms with Gasteiger partial charge in [0.1, 0.15) is 18.1 Å². The second-order valence-electron chi connectivity index (χ2n) is 15.7. The number of ether oxygens (including phenoxy) is 2. The molecule has 1 saturated heterocycles. The summed E-state index contributed by atoms with van der Waals surface area (Å²) in [5.74, 6) is -7.36. The highest BCUT2D eigenvalue weighted by atomic mass is 32.2. The number of aliphatic carboxylic acids is 3. The molecule has 1 aliphatic heterocycles. The van der Waals surface area contributed by atoms with Gasteiger partial charge in [-0.1, -0.05) is 60.7 Å². The number of benzene rings is 2. The third-order valence-corrected chi connectivity index (χ3v) is 11.0. The van der Waals surface area contributed by atoms with Crippen LogP contribution in [-0.2, 0) is 65.5 Å². The van der Waals surface area contributed by atoms with E-state index in [0.717, 1.165) is 11.1 Å². The molecule has 0 saturated carbocycles. The molecule has 4 amide bonds. The highest BCUT2D eigenvalue weighted by Gasteiger charge is 2.59. The number of primary amides is 1. The molecule has 23 heteroatoms. The molecule has 3 rings (SSSR count). The molecule has 2 aromatic carbocycles. The van der Waals surface area contributed by atoms with Crippen molar-refractivity contribution in [1.29, 1.82) is 0 Å². The fraction of sp³-hybridized carbons (Fsp3) is 0.500. The third-order valence-electron chi connectivity index (χ3n) is 9.55. The van der Waals surface area contributed by atoms with Gasteiger partial charge in [0.05, 0.1) is 57.6 Å². The number of carboxylic acid groups (broad SMARTS) is 3. The highest BCUT2D eigenvalue weighted by Crippen LogP contribution is 2.57. The fourth-order valence-electron chi connectivity index (χ4n) is 6.87. The second kappa shape index (κ2) is 27.2. The average molecular weight is 938 g/mol. The predicted octanol–water partition coefficient (Wildman–Crippen LogP) is -1.28. The minimum Gasteiger partial charge on any atom is -0.481 e. The summed E-state index contributed by atoms with van der Waals surface area (Å²) in [6.45, 7) is 9.45. The van der Waals surface area contributed by atoms with Crippen molar-refractivity contribution in [3.05, 3.63) is 71.8 Å². The van der Waals surface area contributed by atoms with Crippen molar-refractivity contribution in [3.8, 4) is 0 Å². The van der Waals surface area contributed by atoms with Crippen LogP contribution in [0.2, 0.25) is 0 Å². The van der Waals surface area contributed by atoms with Crippen LogP contribution in [0, 0.1) is 0 Å². The quantitative estimate of drug-likeness (QED) is 0.0698. The molecule has 6 atom stereocenters. The van der Waals surface area contributed by atoms with E-state index >= 15 is 0 Å². The van der Waals surface area contributed by atoms with Gasteiger partial charge in [-0.15, -0.1) is 11.8 Å². The van der Waals surface area contributed by atoms with E-state index in [0.29, 0.717) is 0 Å². The van der Waals surface area contributed by atoms with Crippen LogP contribution in [0.3, 0.4) is 0 Å². The van der Waals surface area contributed by atoms with E-state index in [9.17, 15) is 43.2 Å². The Hall–Kier alpha value is -6.14. The lowest BCUT2D eigenvalue weighted by Gasteiger charge is -2.61. The number of carboxylic acids is 3. The van der Waals surface area contributed by atoms with Crippen LogP contribution >= 0.6 is 11.8 Å². The number of methoxy groups -OCH3 is 2. The maximum Gasteiger partial charge on any atom is 0.328 e. The summed E-state index contributed by atoms with van der Waals surface area (Å²) in [5.41, 5.74) is 23.7. The highest BCUT2D eigenvalue weighted by molar-refractivity contribution is 8.03. The molecule has 1 aliphatic rings. The van der Waals surface area contributed by atoms with E-state index in [-0.39, 0.29) is 33.9 Å². The summed E-state index contributed by atoms with van der Waals surface area (Å²) in [6.07, 6.45) is -1.03. The van der Waals surface area contributed by atoms with Crippen LogP contribution in [0.1, 0.15) is 65.0 Å². The lowest BCUT2D eigenvalue weighted by atomic mass is 9.86. The van der Waals surface area contributed by atoms with Gasteiger partial charge in [-0.25, -0.2) is 9.59 Å². The predicted molar refractivity (Wildman–Crippen MR) is 238 cm³/mol. The molecule has 1 fully saturated rings. The Morgan fingerprint density at radius 3 is 1.25 bits per heavy atom. The molecular formula is C42H63N7O15S. The van der Waals surface area contributed by atoms with E-state index in [2.05, 4.69) is 20.1 Å². The Morgan fingerprint density at radius 1 is 0.646 bits per heavy atom. The van der Waals surface area contributed by atoms with E-state index < -0.39 is 109 Å². The van der Waals surface area contributed by atoms with Gasteiger partial charge >= 0.3 is 29.8 Å². The van der Waals surface area contributed by atoms with Gasteiger partial charge in [-0.2, -0.15) is 0 Å². The maximum atomic E-state index is 12.7. The molecular weight excluding hydrogens is 875 g/mol. The van der Waals surface area contributed by atoms with E-state index in [1.807, 2.05) is 64.1 Å². The van der Waals surface area contributed by atoms with Crippen molar-refractivity contribution in [2.45, 2.75) is 119 Å². The van der Waals surface area contributed by atoms with Gasteiger partial charge in [0.15, 0.2) is 0 Å². The first-order valence-electron chi connectivity index (χ1n) is 19.8. The number of rotatable bonds is 20. The smallest absolute Gasteiger partial charge is 0.328 e. The Balaban J connectivity index is 0.000000938. The Labute approximate surface area is 380 Å². The fourth-order valence-corrected chi connectivity index (χ4v) is 9.08. The first-order valence-corrected chi connectivity index (χ1v) is 20.6. The average Bonchev–Trinajstić information content (AvgIpc) is 3.20. The summed E-state index contributed by atoms with van der Waals surface area (Å²) in [5, 5.41) is 30.9. The molecule has 0 aliphatic carbocycles. The molecule has 0 spiro atoms.